The normalized spacial score (nSPS) is 15.9. The Labute approximate surface area is 193 Å². The summed E-state index contributed by atoms with van der Waals surface area (Å²) in [5, 5.41) is 2.59. The summed E-state index contributed by atoms with van der Waals surface area (Å²) in [6, 6.07) is 11.7. The first-order chi connectivity index (χ1) is 15.5. The fraction of sp³-hybridized carbons (Fsp3) is 0.440. The van der Waals surface area contributed by atoms with E-state index in [4.69, 9.17) is 4.74 Å². The lowest BCUT2D eigenvalue weighted by Gasteiger charge is -2.40. The van der Waals surface area contributed by atoms with Gasteiger partial charge in [-0.15, -0.1) is 0 Å². The van der Waals surface area contributed by atoms with Crippen LogP contribution in [0.3, 0.4) is 0 Å². The van der Waals surface area contributed by atoms with Crippen LogP contribution < -0.4 is 5.32 Å². The number of hydrogen-bond acceptors (Lipinski definition) is 4. The van der Waals surface area contributed by atoms with E-state index >= 15 is 0 Å². The predicted octanol–water partition coefficient (Wildman–Crippen LogP) is 4.11. The fourth-order valence-electron chi connectivity index (χ4n) is 3.92. The summed E-state index contributed by atoms with van der Waals surface area (Å²) >= 11 is 0. The second-order valence-electron chi connectivity index (χ2n) is 9.23. The van der Waals surface area contributed by atoms with E-state index in [9.17, 15) is 18.4 Å². The topological polar surface area (TPSA) is 61.9 Å². The van der Waals surface area contributed by atoms with Crippen molar-refractivity contribution in [3.05, 3.63) is 71.3 Å². The molecular weight excluding hydrogens is 428 g/mol. The quantitative estimate of drug-likeness (QED) is 0.731. The Morgan fingerprint density at radius 3 is 1.76 bits per heavy atom. The maximum absolute atomic E-state index is 13.5. The minimum Gasteiger partial charge on any atom is -0.444 e. The minimum atomic E-state index is -0.712. The van der Waals surface area contributed by atoms with Gasteiger partial charge in [0.1, 0.15) is 23.3 Å². The average molecular weight is 460 g/mol. The fourth-order valence-corrected chi connectivity index (χ4v) is 3.92. The molecular formula is C25H31F2N3O3. The van der Waals surface area contributed by atoms with Gasteiger partial charge in [-0.3, -0.25) is 9.69 Å². The molecule has 1 heterocycles. The van der Waals surface area contributed by atoms with Crippen LogP contribution in [-0.2, 0) is 9.53 Å². The van der Waals surface area contributed by atoms with Crippen molar-refractivity contribution in [1.29, 1.82) is 0 Å². The van der Waals surface area contributed by atoms with E-state index in [1.54, 1.807) is 56.9 Å². The lowest BCUT2D eigenvalue weighted by Crippen LogP contribution is -2.55. The lowest BCUT2D eigenvalue weighted by atomic mass is 9.96. The monoisotopic (exact) mass is 459 g/mol. The van der Waals surface area contributed by atoms with Gasteiger partial charge in [-0.1, -0.05) is 24.3 Å². The zero-order chi connectivity index (χ0) is 24.2. The minimum absolute atomic E-state index is 0.180. The average Bonchev–Trinajstić information content (AvgIpc) is 2.75. The van der Waals surface area contributed by atoms with E-state index in [1.165, 1.54) is 24.3 Å². The summed E-state index contributed by atoms with van der Waals surface area (Å²) < 4.78 is 32.2. The molecule has 1 aliphatic rings. The number of rotatable bonds is 5. The molecule has 0 bridgehead atoms. The molecule has 6 nitrogen and oxygen atoms in total. The largest absolute Gasteiger partial charge is 0.444 e. The highest BCUT2D eigenvalue weighted by atomic mass is 19.1. The summed E-state index contributed by atoms with van der Waals surface area (Å²) in [5.74, 6) is -0.822. The second-order valence-corrected chi connectivity index (χ2v) is 9.23. The van der Waals surface area contributed by atoms with E-state index in [0.717, 1.165) is 11.1 Å². The third-order valence-corrected chi connectivity index (χ3v) is 5.47. The number of halogens is 2. The molecule has 2 amide bonds. The smallest absolute Gasteiger partial charge is 0.408 e. The van der Waals surface area contributed by atoms with Gasteiger partial charge in [0.2, 0.25) is 5.91 Å². The zero-order valence-corrected chi connectivity index (χ0v) is 19.5. The molecule has 1 aliphatic heterocycles. The summed E-state index contributed by atoms with van der Waals surface area (Å²) in [5.41, 5.74) is 1.14. The Balaban J connectivity index is 1.67. The molecule has 0 unspecified atom stereocenters. The van der Waals surface area contributed by atoms with Gasteiger partial charge in [0, 0.05) is 26.2 Å². The van der Waals surface area contributed by atoms with E-state index in [2.05, 4.69) is 10.2 Å². The first kappa shape index (κ1) is 24.6. The third-order valence-electron chi connectivity index (χ3n) is 5.47. The van der Waals surface area contributed by atoms with E-state index in [0.29, 0.717) is 26.2 Å². The molecule has 1 fully saturated rings. The van der Waals surface area contributed by atoms with Crippen molar-refractivity contribution in [2.24, 2.45) is 0 Å². The van der Waals surface area contributed by atoms with Gasteiger partial charge in [0.25, 0.3) is 0 Å². The van der Waals surface area contributed by atoms with Crippen molar-refractivity contribution in [2.45, 2.75) is 45.4 Å². The molecule has 0 aliphatic carbocycles. The Morgan fingerprint density at radius 2 is 1.33 bits per heavy atom. The molecule has 2 aromatic carbocycles. The summed E-state index contributed by atoms with van der Waals surface area (Å²) in [6.07, 6.45) is -0.630. The van der Waals surface area contributed by atoms with E-state index in [-0.39, 0.29) is 23.6 Å². The van der Waals surface area contributed by atoms with Crippen LogP contribution >= 0.6 is 0 Å². The number of benzene rings is 2. The SMILES string of the molecule is C[C@@H](NC(=O)OC(C)(C)C)C(=O)N1CCN(C(c2ccc(F)cc2)c2ccc(F)cc2)CC1. The van der Waals surface area contributed by atoms with Gasteiger partial charge in [-0.2, -0.15) is 0 Å². The standard InChI is InChI=1S/C25H31F2N3O3/c1-17(28-24(32)33-25(2,3)4)23(31)30-15-13-29(14-16-30)22(18-5-9-20(26)10-6-18)19-7-11-21(27)12-8-19/h5-12,17,22H,13-16H2,1-4H3,(H,28,32)/t17-/m1/s1. The van der Waals surface area contributed by atoms with Crippen molar-refractivity contribution in [2.75, 3.05) is 26.2 Å². The van der Waals surface area contributed by atoms with E-state index in [1.807, 2.05) is 0 Å². The van der Waals surface area contributed by atoms with Crippen molar-refractivity contribution >= 4 is 12.0 Å². The van der Waals surface area contributed by atoms with Crippen LogP contribution in [0.2, 0.25) is 0 Å². The van der Waals surface area contributed by atoms with Crippen LogP contribution in [0.4, 0.5) is 13.6 Å². The molecule has 0 spiro atoms. The highest BCUT2D eigenvalue weighted by Gasteiger charge is 2.31. The van der Waals surface area contributed by atoms with Crippen LogP contribution in [0.1, 0.15) is 44.9 Å². The van der Waals surface area contributed by atoms with Crippen molar-refractivity contribution in [1.82, 2.24) is 15.1 Å². The molecule has 178 valence electrons. The third kappa shape index (κ3) is 6.74. The maximum Gasteiger partial charge on any atom is 0.408 e. The van der Waals surface area contributed by atoms with Crippen LogP contribution in [0, 0.1) is 11.6 Å². The number of hydrogen-bond donors (Lipinski definition) is 1. The number of nitrogens with one attached hydrogen (secondary N) is 1. The first-order valence-electron chi connectivity index (χ1n) is 11.1. The van der Waals surface area contributed by atoms with Gasteiger partial charge in [0.15, 0.2) is 0 Å². The van der Waals surface area contributed by atoms with Crippen LogP contribution in [0.15, 0.2) is 48.5 Å². The number of amides is 2. The van der Waals surface area contributed by atoms with Gasteiger partial charge in [0.05, 0.1) is 6.04 Å². The van der Waals surface area contributed by atoms with Gasteiger partial charge < -0.3 is 15.0 Å². The van der Waals surface area contributed by atoms with Crippen LogP contribution in [-0.4, -0.2) is 59.6 Å². The molecule has 3 rings (SSSR count). The van der Waals surface area contributed by atoms with E-state index < -0.39 is 17.7 Å². The Bertz CT molecular complexity index is 905. The number of carbonyl (C=O) groups excluding carboxylic acids is 2. The maximum atomic E-state index is 13.5. The van der Waals surface area contributed by atoms with Crippen molar-refractivity contribution in [3.63, 3.8) is 0 Å². The highest BCUT2D eigenvalue weighted by Crippen LogP contribution is 2.30. The van der Waals surface area contributed by atoms with Crippen molar-refractivity contribution < 1.29 is 23.1 Å². The molecule has 1 N–H and O–H groups in total. The molecule has 0 aromatic heterocycles. The van der Waals surface area contributed by atoms with Gasteiger partial charge in [-0.25, -0.2) is 13.6 Å². The molecule has 1 atom stereocenters. The molecule has 2 aromatic rings. The first-order valence-corrected chi connectivity index (χ1v) is 11.1. The number of carbonyl (C=O) groups is 2. The Hall–Kier alpha value is -3.00. The summed E-state index contributed by atoms with van der Waals surface area (Å²) in [4.78, 5) is 28.7. The van der Waals surface area contributed by atoms with Gasteiger partial charge >= 0.3 is 6.09 Å². The van der Waals surface area contributed by atoms with Crippen LogP contribution in [0.25, 0.3) is 0 Å². The van der Waals surface area contributed by atoms with Gasteiger partial charge in [-0.05, 0) is 63.1 Å². The molecule has 0 radical (unpaired) electrons. The number of ether oxygens (including phenoxy) is 1. The molecule has 1 saturated heterocycles. The molecule has 33 heavy (non-hydrogen) atoms. The Morgan fingerprint density at radius 1 is 0.879 bits per heavy atom. The molecule has 0 saturated carbocycles. The zero-order valence-electron chi connectivity index (χ0n) is 19.5. The highest BCUT2D eigenvalue weighted by molar-refractivity contribution is 5.85. The van der Waals surface area contributed by atoms with Crippen LogP contribution in [0.5, 0.6) is 0 Å². The second kappa shape index (κ2) is 10.3. The molecule has 8 heteroatoms. The Kier molecular flexibility index (Phi) is 7.68. The number of alkyl carbamates (subject to hydrolysis) is 1. The summed E-state index contributed by atoms with van der Waals surface area (Å²) in [6.45, 7) is 9.01. The summed E-state index contributed by atoms with van der Waals surface area (Å²) in [7, 11) is 0. The van der Waals surface area contributed by atoms with Crippen molar-refractivity contribution in [3.8, 4) is 0 Å². The predicted molar refractivity (Wildman–Crippen MR) is 122 cm³/mol. The lowest BCUT2D eigenvalue weighted by molar-refractivity contribution is -0.135. The number of nitrogens with zero attached hydrogens (tertiary/aromatic N) is 2. The number of piperazine rings is 1.